The third-order valence-electron chi connectivity index (χ3n) is 3.33. The van der Waals surface area contributed by atoms with Gasteiger partial charge in [0, 0.05) is 5.70 Å². The van der Waals surface area contributed by atoms with Crippen molar-refractivity contribution in [3.05, 3.63) is 35.6 Å². The van der Waals surface area contributed by atoms with Crippen molar-refractivity contribution in [3.8, 4) is 0 Å². The molecule has 2 aliphatic heterocycles. The third kappa shape index (κ3) is 1.71. The molecule has 2 atom stereocenters. The van der Waals surface area contributed by atoms with E-state index >= 15 is 0 Å². The van der Waals surface area contributed by atoms with Crippen molar-refractivity contribution in [1.82, 2.24) is 10.6 Å². The van der Waals surface area contributed by atoms with Gasteiger partial charge in [-0.3, -0.25) is 4.99 Å². The number of hydrogen-bond donors (Lipinski definition) is 2. The molecule has 0 spiro atoms. The van der Waals surface area contributed by atoms with Crippen LogP contribution in [0.5, 0.6) is 0 Å². The van der Waals surface area contributed by atoms with Crippen molar-refractivity contribution in [3.63, 3.8) is 0 Å². The van der Waals surface area contributed by atoms with Crippen LogP contribution in [0.3, 0.4) is 0 Å². The van der Waals surface area contributed by atoms with Crippen molar-refractivity contribution in [2.45, 2.75) is 31.8 Å². The standard InChI is InChI=1S/C13H17N3/c1-9-4-6-10-11(7-5-9)16-13(15-10)12-3-2-8-14-12/h4-7,10,12,14H,2-3,8H2,1H3,(H,15,16). The first-order valence-electron chi connectivity index (χ1n) is 5.98. The molecule has 0 aromatic carbocycles. The zero-order valence-electron chi connectivity index (χ0n) is 9.53. The molecule has 0 bridgehead atoms. The second kappa shape index (κ2) is 3.91. The predicted octanol–water partition coefficient (Wildman–Crippen LogP) is 1.51. The van der Waals surface area contributed by atoms with Gasteiger partial charge in [0.25, 0.3) is 0 Å². The summed E-state index contributed by atoms with van der Waals surface area (Å²) in [6, 6.07) is 0.636. The van der Waals surface area contributed by atoms with E-state index in [1.807, 2.05) is 0 Å². The predicted molar refractivity (Wildman–Crippen MR) is 66.4 cm³/mol. The Labute approximate surface area is 96.0 Å². The van der Waals surface area contributed by atoms with Crippen LogP contribution >= 0.6 is 0 Å². The normalized spacial score (nSPS) is 32.4. The largest absolute Gasteiger partial charge is 0.344 e. The lowest BCUT2D eigenvalue weighted by Gasteiger charge is -2.10. The van der Waals surface area contributed by atoms with Gasteiger partial charge >= 0.3 is 0 Å². The molecule has 3 rings (SSSR count). The number of rotatable bonds is 1. The molecule has 0 aromatic rings. The fourth-order valence-corrected chi connectivity index (χ4v) is 2.38. The van der Waals surface area contributed by atoms with Gasteiger partial charge in [-0.2, -0.15) is 0 Å². The fourth-order valence-electron chi connectivity index (χ4n) is 2.38. The van der Waals surface area contributed by atoms with Crippen LogP contribution in [0.4, 0.5) is 0 Å². The van der Waals surface area contributed by atoms with Crippen LogP contribution in [-0.2, 0) is 0 Å². The summed E-state index contributed by atoms with van der Waals surface area (Å²) in [7, 11) is 0. The van der Waals surface area contributed by atoms with Crippen LogP contribution in [0.2, 0.25) is 0 Å². The Balaban J connectivity index is 1.81. The lowest BCUT2D eigenvalue weighted by Crippen LogP contribution is -2.37. The first-order valence-corrected chi connectivity index (χ1v) is 5.98. The minimum Gasteiger partial charge on any atom is -0.344 e. The summed E-state index contributed by atoms with van der Waals surface area (Å²) in [6.07, 6.45) is 11.0. The van der Waals surface area contributed by atoms with E-state index in [0.717, 1.165) is 12.4 Å². The molecular formula is C13H17N3. The average molecular weight is 215 g/mol. The number of fused-ring (bicyclic) bond motifs is 1. The summed E-state index contributed by atoms with van der Waals surface area (Å²) in [4.78, 5) is 4.74. The van der Waals surface area contributed by atoms with Crippen molar-refractivity contribution < 1.29 is 0 Å². The van der Waals surface area contributed by atoms with Gasteiger partial charge in [0.2, 0.25) is 0 Å². The van der Waals surface area contributed by atoms with E-state index in [1.165, 1.54) is 24.1 Å². The van der Waals surface area contributed by atoms with Gasteiger partial charge < -0.3 is 10.6 Å². The SMILES string of the molecule is CC1=CC=C2NC(C3CCCN3)=NC2C=C1. The molecule has 0 radical (unpaired) electrons. The van der Waals surface area contributed by atoms with Crippen molar-refractivity contribution in [2.75, 3.05) is 6.54 Å². The summed E-state index contributed by atoms with van der Waals surface area (Å²) in [5, 5.41) is 6.92. The molecular weight excluding hydrogens is 198 g/mol. The maximum absolute atomic E-state index is 4.74. The van der Waals surface area contributed by atoms with Crippen LogP contribution in [0, 0.1) is 0 Å². The Morgan fingerprint density at radius 2 is 2.31 bits per heavy atom. The fraction of sp³-hybridized carbons (Fsp3) is 0.462. The monoisotopic (exact) mass is 215 g/mol. The van der Waals surface area contributed by atoms with Gasteiger partial charge in [-0.1, -0.05) is 23.8 Å². The van der Waals surface area contributed by atoms with E-state index < -0.39 is 0 Å². The second-order valence-corrected chi connectivity index (χ2v) is 4.62. The van der Waals surface area contributed by atoms with Crippen molar-refractivity contribution in [2.24, 2.45) is 4.99 Å². The number of nitrogens with one attached hydrogen (secondary N) is 2. The van der Waals surface area contributed by atoms with Gasteiger partial charge in [-0.25, -0.2) is 0 Å². The molecule has 2 N–H and O–H groups in total. The van der Waals surface area contributed by atoms with E-state index in [2.05, 4.69) is 41.9 Å². The number of nitrogens with zero attached hydrogens (tertiary/aromatic N) is 1. The minimum atomic E-state index is 0.200. The van der Waals surface area contributed by atoms with Crippen LogP contribution in [0.15, 0.2) is 40.6 Å². The molecule has 0 saturated carbocycles. The molecule has 3 aliphatic rings. The topological polar surface area (TPSA) is 36.4 Å². The highest BCUT2D eigenvalue weighted by atomic mass is 15.2. The van der Waals surface area contributed by atoms with E-state index in [9.17, 15) is 0 Å². The summed E-state index contributed by atoms with van der Waals surface area (Å²) >= 11 is 0. The zero-order chi connectivity index (χ0) is 11.0. The van der Waals surface area contributed by atoms with Gasteiger partial charge in [-0.15, -0.1) is 0 Å². The number of hydrogen-bond acceptors (Lipinski definition) is 3. The summed E-state index contributed by atoms with van der Waals surface area (Å²) in [6.45, 7) is 3.22. The van der Waals surface area contributed by atoms with Gasteiger partial charge in [0.1, 0.15) is 11.9 Å². The van der Waals surface area contributed by atoms with Crippen molar-refractivity contribution >= 4 is 5.84 Å². The van der Waals surface area contributed by atoms with E-state index in [0.29, 0.717) is 6.04 Å². The highest BCUT2D eigenvalue weighted by molar-refractivity contribution is 5.92. The molecule has 1 fully saturated rings. The quantitative estimate of drug-likeness (QED) is 0.695. The maximum Gasteiger partial charge on any atom is 0.119 e. The lowest BCUT2D eigenvalue weighted by molar-refractivity contribution is 0.748. The van der Waals surface area contributed by atoms with Gasteiger partial charge in [0.15, 0.2) is 0 Å². The highest BCUT2D eigenvalue weighted by Gasteiger charge is 2.28. The molecule has 16 heavy (non-hydrogen) atoms. The summed E-state index contributed by atoms with van der Waals surface area (Å²) < 4.78 is 0. The maximum atomic E-state index is 4.74. The van der Waals surface area contributed by atoms with Crippen LogP contribution in [-0.4, -0.2) is 24.5 Å². The van der Waals surface area contributed by atoms with Crippen molar-refractivity contribution in [1.29, 1.82) is 0 Å². The second-order valence-electron chi connectivity index (χ2n) is 4.62. The minimum absolute atomic E-state index is 0.200. The van der Waals surface area contributed by atoms with Crippen LogP contribution in [0.1, 0.15) is 19.8 Å². The van der Waals surface area contributed by atoms with Crippen LogP contribution in [0.25, 0.3) is 0 Å². The molecule has 1 aliphatic carbocycles. The smallest absolute Gasteiger partial charge is 0.119 e. The molecule has 3 nitrogen and oxygen atoms in total. The first-order chi connectivity index (χ1) is 7.83. The molecule has 3 heteroatoms. The summed E-state index contributed by atoms with van der Waals surface area (Å²) in [5.41, 5.74) is 2.48. The van der Waals surface area contributed by atoms with E-state index in [4.69, 9.17) is 4.99 Å². The lowest BCUT2D eigenvalue weighted by atomic mass is 10.2. The van der Waals surface area contributed by atoms with Gasteiger partial charge in [-0.05, 0) is 32.4 Å². The Bertz CT molecular complexity index is 409. The summed E-state index contributed by atoms with van der Waals surface area (Å²) in [5.74, 6) is 1.12. The van der Waals surface area contributed by atoms with Crippen LogP contribution < -0.4 is 10.6 Å². The number of allylic oxidation sites excluding steroid dienone is 4. The van der Waals surface area contributed by atoms with Gasteiger partial charge in [0.05, 0.1) is 6.04 Å². The Kier molecular flexibility index (Phi) is 2.40. The Hall–Kier alpha value is -1.35. The number of aliphatic imine (C=N–C) groups is 1. The van der Waals surface area contributed by atoms with E-state index in [1.54, 1.807) is 0 Å². The molecule has 0 aromatic heterocycles. The van der Waals surface area contributed by atoms with E-state index in [-0.39, 0.29) is 6.04 Å². The molecule has 2 heterocycles. The first kappa shape index (κ1) is 9.85. The molecule has 0 amide bonds. The zero-order valence-corrected chi connectivity index (χ0v) is 9.53. The third-order valence-corrected chi connectivity index (χ3v) is 3.33. The molecule has 1 saturated heterocycles. The highest BCUT2D eigenvalue weighted by Crippen LogP contribution is 2.20. The number of amidine groups is 1. The average Bonchev–Trinajstić information content (AvgIpc) is 2.90. The molecule has 84 valence electrons. The Morgan fingerprint density at radius 1 is 1.38 bits per heavy atom. The Morgan fingerprint density at radius 3 is 3.12 bits per heavy atom. The molecule has 2 unspecified atom stereocenters.